The van der Waals surface area contributed by atoms with Gasteiger partial charge in [0.1, 0.15) is 5.82 Å². The van der Waals surface area contributed by atoms with E-state index >= 15 is 0 Å². The summed E-state index contributed by atoms with van der Waals surface area (Å²) in [6.45, 7) is 4.22. The van der Waals surface area contributed by atoms with Crippen LogP contribution in [0.15, 0.2) is 23.9 Å². The van der Waals surface area contributed by atoms with Crippen molar-refractivity contribution in [2.45, 2.75) is 45.6 Å². The number of allylic oxidation sites excluding steroid dienone is 1. The summed E-state index contributed by atoms with van der Waals surface area (Å²) in [4.78, 5) is 0. The Kier molecular flexibility index (Phi) is 4.70. The summed E-state index contributed by atoms with van der Waals surface area (Å²) < 4.78 is 13.4. The molecule has 0 aromatic heterocycles. The van der Waals surface area contributed by atoms with Crippen LogP contribution in [0.4, 0.5) is 4.39 Å². The Balaban J connectivity index is 1.82. The maximum Gasteiger partial charge on any atom is 0.141 e. The van der Waals surface area contributed by atoms with E-state index in [-0.39, 0.29) is 11.1 Å². The number of benzene rings is 1. The first-order valence-corrected chi connectivity index (χ1v) is 8.91. The Bertz CT molecular complexity index is 610. The van der Waals surface area contributed by atoms with Crippen molar-refractivity contribution in [3.8, 4) is 0 Å². The van der Waals surface area contributed by atoms with Crippen LogP contribution in [0.3, 0.4) is 0 Å². The smallest absolute Gasteiger partial charge is 0.141 e. The zero-order chi connectivity index (χ0) is 16.7. The Labute approximate surface area is 143 Å². The molecule has 2 fully saturated rings. The van der Waals surface area contributed by atoms with Gasteiger partial charge in [0, 0.05) is 11.7 Å². The van der Waals surface area contributed by atoms with Crippen molar-refractivity contribution in [2.24, 2.45) is 35.1 Å². The minimum atomic E-state index is -0.414. The molecule has 2 aliphatic carbocycles. The van der Waals surface area contributed by atoms with Gasteiger partial charge in [-0.2, -0.15) is 0 Å². The maximum atomic E-state index is 13.4. The molecule has 126 valence electrons. The SMILES string of the molecule is C/C(N)=C(/c1ccc(F)c(Cl)c1)C(N)C1CC2CC(C)CC2C1. The molecule has 3 rings (SSSR count). The highest BCUT2D eigenvalue weighted by atomic mass is 35.5. The van der Waals surface area contributed by atoms with Crippen molar-refractivity contribution in [2.75, 3.05) is 0 Å². The molecule has 0 radical (unpaired) electrons. The molecule has 4 heteroatoms. The van der Waals surface area contributed by atoms with E-state index < -0.39 is 5.82 Å². The first-order chi connectivity index (χ1) is 10.9. The molecule has 0 aliphatic heterocycles. The molecular formula is C19H26ClFN2. The molecule has 0 amide bonds. The molecule has 1 aromatic carbocycles. The molecule has 0 saturated heterocycles. The zero-order valence-corrected chi connectivity index (χ0v) is 14.6. The fourth-order valence-electron chi connectivity index (χ4n) is 4.84. The first kappa shape index (κ1) is 16.8. The number of rotatable bonds is 3. The predicted molar refractivity (Wildman–Crippen MR) is 94.3 cm³/mol. The van der Waals surface area contributed by atoms with Crippen LogP contribution in [-0.4, -0.2) is 6.04 Å². The summed E-state index contributed by atoms with van der Waals surface area (Å²) in [5, 5.41) is 0.116. The molecule has 0 spiro atoms. The quantitative estimate of drug-likeness (QED) is 0.849. The van der Waals surface area contributed by atoms with E-state index in [9.17, 15) is 4.39 Å². The summed E-state index contributed by atoms with van der Waals surface area (Å²) in [6, 6.07) is 4.64. The van der Waals surface area contributed by atoms with Gasteiger partial charge in [-0.3, -0.25) is 0 Å². The van der Waals surface area contributed by atoms with E-state index in [1.807, 2.05) is 6.92 Å². The average molecular weight is 337 g/mol. The summed E-state index contributed by atoms with van der Waals surface area (Å²) in [5.41, 5.74) is 15.2. The van der Waals surface area contributed by atoms with Crippen LogP contribution >= 0.6 is 11.6 Å². The van der Waals surface area contributed by atoms with Crippen LogP contribution in [0.5, 0.6) is 0 Å². The van der Waals surface area contributed by atoms with Crippen LogP contribution < -0.4 is 11.5 Å². The van der Waals surface area contributed by atoms with Crippen LogP contribution in [0.25, 0.3) is 5.57 Å². The normalized spacial score (nSPS) is 32.6. The van der Waals surface area contributed by atoms with E-state index in [1.54, 1.807) is 12.1 Å². The van der Waals surface area contributed by atoms with Crippen LogP contribution in [0, 0.1) is 29.5 Å². The molecule has 1 aromatic rings. The molecule has 23 heavy (non-hydrogen) atoms. The van der Waals surface area contributed by atoms with Gasteiger partial charge in [0.15, 0.2) is 0 Å². The van der Waals surface area contributed by atoms with E-state index in [4.69, 9.17) is 23.1 Å². The Hall–Kier alpha value is -1.06. The molecule has 2 aliphatic rings. The second-order valence-electron chi connectivity index (χ2n) is 7.58. The summed E-state index contributed by atoms with van der Waals surface area (Å²) in [5.74, 6) is 2.52. The lowest BCUT2D eigenvalue weighted by molar-refractivity contribution is 0.421. The predicted octanol–water partition coefficient (Wildman–Crippen LogP) is 4.57. The van der Waals surface area contributed by atoms with E-state index in [0.29, 0.717) is 11.6 Å². The standard InChI is InChI=1S/C19H26ClFN2/c1-10-5-13-7-15(8-14(13)6-10)19(23)18(11(2)22)12-3-4-17(21)16(20)9-12/h3-4,9-10,13-15,19H,5-8,22-23H2,1-2H3/b18-11+. The average Bonchev–Trinajstić information content (AvgIpc) is 2.99. The molecule has 0 bridgehead atoms. The monoisotopic (exact) mass is 336 g/mol. The summed E-state index contributed by atoms with van der Waals surface area (Å²) in [7, 11) is 0. The van der Waals surface area contributed by atoms with Gasteiger partial charge in [-0.15, -0.1) is 0 Å². The molecule has 4 N–H and O–H groups in total. The lowest BCUT2D eigenvalue weighted by atomic mass is 9.85. The molecule has 3 atom stereocenters. The molecule has 2 nitrogen and oxygen atoms in total. The molecule has 2 saturated carbocycles. The lowest BCUT2D eigenvalue weighted by Gasteiger charge is -2.25. The minimum Gasteiger partial charge on any atom is -0.402 e. The maximum absolute atomic E-state index is 13.4. The van der Waals surface area contributed by atoms with Crippen molar-refractivity contribution in [1.29, 1.82) is 0 Å². The Morgan fingerprint density at radius 2 is 1.83 bits per heavy atom. The van der Waals surface area contributed by atoms with Gasteiger partial charge in [0.25, 0.3) is 0 Å². The van der Waals surface area contributed by atoms with Crippen molar-refractivity contribution in [3.63, 3.8) is 0 Å². The van der Waals surface area contributed by atoms with E-state index in [2.05, 4.69) is 6.92 Å². The second kappa shape index (κ2) is 6.45. The van der Waals surface area contributed by atoms with Crippen LogP contribution in [0.2, 0.25) is 5.02 Å². The molecular weight excluding hydrogens is 311 g/mol. The van der Waals surface area contributed by atoms with Crippen molar-refractivity contribution < 1.29 is 4.39 Å². The fourth-order valence-corrected chi connectivity index (χ4v) is 5.02. The topological polar surface area (TPSA) is 52.0 Å². The van der Waals surface area contributed by atoms with Crippen molar-refractivity contribution >= 4 is 17.2 Å². The van der Waals surface area contributed by atoms with Gasteiger partial charge in [0.2, 0.25) is 0 Å². The number of fused-ring (bicyclic) bond motifs is 1. The van der Waals surface area contributed by atoms with Crippen LogP contribution in [-0.2, 0) is 0 Å². The lowest BCUT2D eigenvalue weighted by Crippen LogP contribution is -2.32. The Morgan fingerprint density at radius 3 is 2.35 bits per heavy atom. The number of nitrogens with two attached hydrogens (primary N) is 2. The largest absolute Gasteiger partial charge is 0.402 e. The molecule has 3 unspecified atom stereocenters. The summed E-state index contributed by atoms with van der Waals surface area (Å²) in [6.07, 6.45) is 5.03. The van der Waals surface area contributed by atoms with Gasteiger partial charge in [-0.25, -0.2) is 4.39 Å². The highest BCUT2D eigenvalue weighted by molar-refractivity contribution is 6.30. The highest BCUT2D eigenvalue weighted by Gasteiger charge is 2.42. The number of hydrogen-bond acceptors (Lipinski definition) is 2. The van der Waals surface area contributed by atoms with E-state index in [0.717, 1.165) is 28.9 Å². The van der Waals surface area contributed by atoms with Gasteiger partial charge in [0.05, 0.1) is 5.02 Å². The van der Waals surface area contributed by atoms with Crippen molar-refractivity contribution in [3.05, 3.63) is 40.3 Å². The first-order valence-electron chi connectivity index (χ1n) is 8.54. The van der Waals surface area contributed by atoms with Gasteiger partial charge in [-0.05, 0) is 79.5 Å². The van der Waals surface area contributed by atoms with Gasteiger partial charge in [-0.1, -0.05) is 24.6 Å². The highest BCUT2D eigenvalue weighted by Crippen LogP contribution is 2.51. The van der Waals surface area contributed by atoms with Gasteiger partial charge >= 0.3 is 0 Å². The molecule has 0 heterocycles. The van der Waals surface area contributed by atoms with Crippen molar-refractivity contribution in [1.82, 2.24) is 0 Å². The van der Waals surface area contributed by atoms with Crippen LogP contribution in [0.1, 0.15) is 45.1 Å². The van der Waals surface area contributed by atoms with Gasteiger partial charge < -0.3 is 11.5 Å². The number of halogens is 2. The fraction of sp³-hybridized carbons (Fsp3) is 0.579. The zero-order valence-electron chi connectivity index (χ0n) is 13.9. The number of hydrogen-bond donors (Lipinski definition) is 2. The minimum absolute atomic E-state index is 0.109. The third-order valence-electron chi connectivity index (χ3n) is 5.78. The van der Waals surface area contributed by atoms with E-state index in [1.165, 1.54) is 31.7 Å². The third-order valence-corrected chi connectivity index (χ3v) is 6.07. The third kappa shape index (κ3) is 3.27. The summed E-state index contributed by atoms with van der Waals surface area (Å²) >= 11 is 5.94. The second-order valence-corrected chi connectivity index (χ2v) is 7.99. The Morgan fingerprint density at radius 1 is 1.22 bits per heavy atom.